The molecule has 4 rings (SSSR count). The van der Waals surface area contributed by atoms with E-state index in [0.717, 1.165) is 21.5 Å². The standard InChI is InChI=1S/C17H17N5O2/c1-10-7-5-6-8-12(10)22-11(2)9-21-13-14(18-16(21)22)19(3)17(24)20(4)15(13)23/h5-9H,1-4H3. The second-order valence-corrected chi connectivity index (χ2v) is 6.05. The molecular formula is C17H17N5O2. The van der Waals surface area contributed by atoms with E-state index >= 15 is 0 Å². The largest absolute Gasteiger partial charge is 0.332 e. The summed E-state index contributed by atoms with van der Waals surface area (Å²) in [7, 11) is 3.11. The summed E-state index contributed by atoms with van der Waals surface area (Å²) in [5.41, 5.74) is 3.14. The molecule has 0 radical (unpaired) electrons. The smallest absolute Gasteiger partial charge is 0.283 e. The summed E-state index contributed by atoms with van der Waals surface area (Å²) in [6.45, 7) is 4.00. The predicted octanol–water partition coefficient (Wildman–Crippen LogP) is 1.29. The summed E-state index contributed by atoms with van der Waals surface area (Å²) in [6, 6.07) is 7.99. The number of benzene rings is 1. The van der Waals surface area contributed by atoms with Crippen molar-refractivity contribution in [2.24, 2.45) is 14.1 Å². The molecule has 4 aromatic rings. The minimum atomic E-state index is -0.382. The maximum atomic E-state index is 12.6. The zero-order valence-corrected chi connectivity index (χ0v) is 13.9. The fourth-order valence-electron chi connectivity index (χ4n) is 3.20. The third-order valence-electron chi connectivity index (χ3n) is 4.50. The third kappa shape index (κ3) is 1.69. The van der Waals surface area contributed by atoms with Gasteiger partial charge >= 0.3 is 5.69 Å². The predicted molar refractivity (Wildman–Crippen MR) is 92.0 cm³/mol. The number of aromatic nitrogens is 5. The van der Waals surface area contributed by atoms with Crippen LogP contribution in [0.4, 0.5) is 0 Å². The van der Waals surface area contributed by atoms with Crippen molar-refractivity contribution in [3.05, 3.63) is 62.6 Å². The number of imidazole rings is 2. The molecule has 0 aliphatic heterocycles. The highest BCUT2D eigenvalue weighted by Gasteiger charge is 2.19. The minimum absolute atomic E-state index is 0.345. The maximum absolute atomic E-state index is 12.6. The molecule has 0 fully saturated rings. The Kier molecular flexibility index (Phi) is 2.84. The van der Waals surface area contributed by atoms with Crippen LogP contribution >= 0.6 is 0 Å². The number of para-hydroxylation sites is 1. The van der Waals surface area contributed by atoms with E-state index in [1.165, 1.54) is 11.6 Å². The van der Waals surface area contributed by atoms with E-state index in [1.807, 2.05) is 48.9 Å². The molecular weight excluding hydrogens is 306 g/mol. The van der Waals surface area contributed by atoms with E-state index < -0.39 is 0 Å². The van der Waals surface area contributed by atoms with Crippen molar-refractivity contribution >= 4 is 16.9 Å². The van der Waals surface area contributed by atoms with Crippen LogP contribution < -0.4 is 11.2 Å². The van der Waals surface area contributed by atoms with Crippen LogP contribution in [0, 0.1) is 13.8 Å². The molecule has 0 unspecified atom stereocenters. The molecule has 0 atom stereocenters. The van der Waals surface area contributed by atoms with Crippen molar-refractivity contribution < 1.29 is 0 Å². The molecule has 1 aromatic carbocycles. The van der Waals surface area contributed by atoms with Crippen molar-refractivity contribution in [3.8, 4) is 5.69 Å². The Bertz CT molecular complexity index is 1240. The molecule has 7 nitrogen and oxygen atoms in total. The van der Waals surface area contributed by atoms with E-state index in [4.69, 9.17) is 0 Å². The van der Waals surface area contributed by atoms with Gasteiger partial charge in [-0.05, 0) is 25.5 Å². The van der Waals surface area contributed by atoms with Gasteiger partial charge in [0.1, 0.15) is 0 Å². The lowest BCUT2D eigenvalue weighted by Crippen LogP contribution is -2.37. The molecule has 0 N–H and O–H groups in total. The SMILES string of the molecule is Cc1ccccc1-n1c(C)cn2c3c(=O)n(C)c(=O)n(C)c3nc12. The summed E-state index contributed by atoms with van der Waals surface area (Å²) in [5, 5.41) is 0. The zero-order chi connectivity index (χ0) is 17.2. The zero-order valence-electron chi connectivity index (χ0n) is 13.9. The maximum Gasteiger partial charge on any atom is 0.332 e. The summed E-state index contributed by atoms with van der Waals surface area (Å²) in [5.74, 6) is 0.620. The number of nitrogens with zero attached hydrogens (tertiary/aromatic N) is 5. The number of hydrogen-bond acceptors (Lipinski definition) is 3. The first-order valence-corrected chi connectivity index (χ1v) is 7.64. The molecule has 0 spiro atoms. The highest BCUT2D eigenvalue weighted by molar-refractivity contribution is 5.76. The Labute approximate surface area is 137 Å². The van der Waals surface area contributed by atoms with Crippen molar-refractivity contribution in [1.29, 1.82) is 0 Å². The van der Waals surface area contributed by atoms with Gasteiger partial charge in [0.15, 0.2) is 11.2 Å². The molecule has 122 valence electrons. The van der Waals surface area contributed by atoms with Gasteiger partial charge in [-0.25, -0.2) is 4.79 Å². The summed E-state index contributed by atoms with van der Waals surface area (Å²) in [6.07, 6.45) is 1.88. The molecule has 24 heavy (non-hydrogen) atoms. The fraction of sp³-hybridized carbons (Fsp3) is 0.235. The molecule has 0 amide bonds. The van der Waals surface area contributed by atoms with Gasteiger partial charge in [0, 0.05) is 26.0 Å². The van der Waals surface area contributed by atoms with E-state index in [0.29, 0.717) is 16.9 Å². The second kappa shape index (κ2) is 4.70. The minimum Gasteiger partial charge on any atom is -0.283 e. The van der Waals surface area contributed by atoms with Crippen LogP contribution in [-0.2, 0) is 14.1 Å². The van der Waals surface area contributed by atoms with E-state index in [1.54, 1.807) is 11.4 Å². The third-order valence-corrected chi connectivity index (χ3v) is 4.50. The van der Waals surface area contributed by atoms with E-state index in [9.17, 15) is 9.59 Å². The van der Waals surface area contributed by atoms with Crippen molar-refractivity contribution in [1.82, 2.24) is 23.1 Å². The molecule has 0 aliphatic carbocycles. The van der Waals surface area contributed by atoms with Crippen LogP contribution in [0.1, 0.15) is 11.3 Å². The second-order valence-electron chi connectivity index (χ2n) is 6.05. The van der Waals surface area contributed by atoms with Gasteiger partial charge in [-0.3, -0.25) is 22.9 Å². The van der Waals surface area contributed by atoms with Crippen LogP contribution in [0.5, 0.6) is 0 Å². The van der Waals surface area contributed by atoms with Gasteiger partial charge in [0.05, 0.1) is 5.69 Å². The van der Waals surface area contributed by atoms with Gasteiger partial charge in [-0.2, -0.15) is 4.98 Å². The topological polar surface area (TPSA) is 66.2 Å². The highest BCUT2D eigenvalue weighted by atomic mass is 16.2. The van der Waals surface area contributed by atoms with Crippen molar-refractivity contribution in [3.63, 3.8) is 0 Å². The normalized spacial score (nSPS) is 11.7. The first kappa shape index (κ1) is 14.5. The first-order chi connectivity index (χ1) is 11.4. The molecule has 7 heteroatoms. The molecule has 3 heterocycles. The summed E-state index contributed by atoms with van der Waals surface area (Å²) < 4.78 is 6.27. The Balaban J connectivity index is 2.24. The molecule has 3 aromatic heterocycles. The number of hydrogen-bond donors (Lipinski definition) is 0. The van der Waals surface area contributed by atoms with Gasteiger partial charge in [0.2, 0.25) is 5.78 Å². The molecule has 0 aliphatic rings. The number of rotatable bonds is 1. The van der Waals surface area contributed by atoms with Crippen LogP contribution in [0.15, 0.2) is 40.1 Å². The van der Waals surface area contributed by atoms with Crippen LogP contribution in [0.3, 0.4) is 0 Å². The molecule has 0 saturated carbocycles. The Morgan fingerprint density at radius 3 is 2.42 bits per heavy atom. The van der Waals surface area contributed by atoms with Crippen LogP contribution in [0.2, 0.25) is 0 Å². The fourth-order valence-corrected chi connectivity index (χ4v) is 3.20. The summed E-state index contributed by atoms with van der Waals surface area (Å²) in [4.78, 5) is 29.3. The van der Waals surface area contributed by atoms with Crippen LogP contribution in [0.25, 0.3) is 22.6 Å². The van der Waals surface area contributed by atoms with E-state index in [-0.39, 0.29) is 11.2 Å². The Hall–Kier alpha value is -3.09. The number of aryl methyl sites for hydroxylation is 3. The van der Waals surface area contributed by atoms with E-state index in [2.05, 4.69) is 4.98 Å². The monoisotopic (exact) mass is 323 g/mol. The highest BCUT2D eigenvalue weighted by Crippen LogP contribution is 2.22. The lowest BCUT2D eigenvalue weighted by atomic mass is 10.2. The van der Waals surface area contributed by atoms with Gasteiger partial charge < -0.3 is 0 Å². The lowest BCUT2D eigenvalue weighted by Gasteiger charge is -2.08. The van der Waals surface area contributed by atoms with Gasteiger partial charge in [-0.1, -0.05) is 18.2 Å². The number of fused-ring (bicyclic) bond motifs is 3. The van der Waals surface area contributed by atoms with Gasteiger partial charge in [0.25, 0.3) is 5.56 Å². The van der Waals surface area contributed by atoms with Crippen LogP contribution in [-0.4, -0.2) is 23.1 Å². The Morgan fingerprint density at radius 1 is 1.00 bits per heavy atom. The molecule has 0 bridgehead atoms. The lowest BCUT2D eigenvalue weighted by molar-refractivity contribution is 0.708. The van der Waals surface area contributed by atoms with Crippen molar-refractivity contribution in [2.75, 3.05) is 0 Å². The van der Waals surface area contributed by atoms with Crippen molar-refractivity contribution in [2.45, 2.75) is 13.8 Å². The average Bonchev–Trinajstić information content (AvgIpc) is 3.06. The summed E-state index contributed by atoms with van der Waals surface area (Å²) >= 11 is 0. The van der Waals surface area contributed by atoms with Gasteiger partial charge in [-0.15, -0.1) is 0 Å². The first-order valence-electron chi connectivity index (χ1n) is 7.64. The Morgan fingerprint density at radius 2 is 1.71 bits per heavy atom. The quantitative estimate of drug-likeness (QED) is 0.530. The average molecular weight is 323 g/mol. The molecule has 0 saturated heterocycles.